The number of nitrogens with one attached hydrogen (secondary N) is 1. The molecule has 1 heterocycles. The lowest BCUT2D eigenvalue weighted by Gasteiger charge is -2.18. The van der Waals surface area contributed by atoms with Crippen molar-refractivity contribution < 1.29 is 0 Å². The Bertz CT molecular complexity index is 335. The molecule has 17 heavy (non-hydrogen) atoms. The van der Waals surface area contributed by atoms with Crippen molar-refractivity contribution in [3.63, 3.8) is 0 Å². The Kier molecular flexibility index (Phi) is 5.88. The lowest BCUT2D eigenvalue weighted by atomic mass is 10.4. The largest absolute Gasteiger partial charge is 0.350 e. The van der Waals surface area contributed by atoms with Gasteiger partial charge in [0.2, 0.25) is 0 Å². The minimum atomic E-state index is 0.932. The Balaban J connectivity index is 2.58. The number of thiazole rings is 1. The zero-order valence-corrected chi connectivity index (χ0v) is 12.4. The highest BCUT2D eigenvalue weighted by molar-refractivity contribution is 7.15. The van der Waals surface area contributed by atoms with Crippen LogP contribution in [0.15, 0.2) is 0 Å². The minimum absolute atomic E-state index is 0.932. The predicted octanol–water partition coefficient (Wildman–Crippen LogP) is 1.56. The normalized spacial score (nSPS) is 11.2. The Hall–Kier alpha value is -0.650. The van der Waals surface area contributed by atoms with Crippen molar-refractivity contribution in [3.8, 4) is 0 Å². The summed E-state index contributed by atoms with van der Waals surface area (Å²) in [5.41, 5.74) is 1.16. The van der Waals surface area contributed by atoms with Gasteiger partial charge in [-0.1, -0.05) is 6.92 Å². The Morgan fingerprint density at radius 3 is 2.53 bits per heavy atom. The molecule has 0 spiro atoms. The number of aryl methyl sites for hydroxylation is 1. The van der Waals surface area contributed by atoms with Crippen LogP contribution in [0, 0.1) is 6.92 Å². The van der Waals surface area contributed by atoms with Gasteiger partial charge in [0.1, 0.15) is 0 Å². The molecule has 0 aliphatic carbocycles. The SMILES string of the molecule is CCNCc1sc(N(C)CCN(C)C)nc1C. The third kappa shape index (κ3) is 4.61. The minimum Gasteiger partial charge on any atom is -0.350 e. The van der Waals surface area contributed by atoms with E-state index < -0.39 is 0 Å². The third-order valence-electron chi connectivity index (χ3n) is 2.63. The van der Waals surface area contributed by atoms with Crippen molar-refractivity contribution in [2.24, 2.45) is 0 Å². The van der Waals surface area contributed by atoms with Gasteiger partial charge in [0.05, 0.1) is 5.69 Å². The molecule has 0 unspecified atom stereocenters. The van der Waals surface area contributed by atoms with E-state index in [1.807, 2.05) is 0 Å². The first-order chi connectivity index (χ1) is 8.04. The van der Waals surface area contributed by atoms with E-state index in [1.165, 1.54) is 4.88 Å². The summed E-state index contributed by atoms with van der Waals surface area (Å²) in [6, 6.07) is 0. The molecule has 0 saturated carbocycles. The van der Waals surface area contributed by atoms with Crippen molar-refractivity contribution in [2.75, 3.05) is 45.7 Å². The summed E-state index contributed by atoms with van der Waals surface area (Å²) >= 11 is 1.79. The highest BCUT2D eigenvalue weighted by atomic mass is 32.1. The zero-order valence-electron chi connectivity index (χ0n) is 11.6. The number of hydrogen-bond donors (Lipinski definition) is 1. The molecule has 0 aromatic carbocycles. The molecular formula is C12H24N4S. The summed E-state index contributed by atoms with van der Waals surface area (Å²) in [6.45, 7) is 8.22. The van der Waals surface area contributed by atoms with Crippen LogP contribution < -0.4 is 10.2 Å². The van der Waals surface area contributed by atoms with Crippen molar-refractivity contribution in [1.82, 2.24) is 15.2 Å². The first-order valence-electron chi connectivity index (χ1n) is 6.07. The van der Waals surface area contributed by atoms with Crippen molar-refractivity contribution >= 4 is 16.5 Å². The summed E-state index contributed by atoms with van der Waals surface area (Å²) < 4.78 is 0. The molecule has 0 saturated heterocycles. The van der Waals surface area contributed by atoms with E-state index in [9.17, 15) is 0 Å². The molecule has 98 valence electrons. The average Bonchev–Trinajstić information content (AvgIpc) is 2.65. The van der Waals surface area contributed by atoms with E-state index in [4.69, 9.17) is 0 Å². The number of rotatable bonds is 7. The maximum absolute atomic E-state index is 4.63. The van der Waals surface area contributed by atoms with E-state index in [0.29, 0.717) is 0 Å². The monoisotopic (exact) mass is 256 g/mol. The molecule has 1 aromatic rings. The highest BCUT2D eigenvalue weighted by Gasteiger charge is 2.10. The molecule has 1 N–H and O–H groups in total. The smallest absolute Gasteiger partial charge is 0.185 e. The Morgan fingerprint density at radius 1 is 1.24 bits per heavy atom. The zero-order chi connectivity index (χ0) is 12.8. The van der Waals surface area contributed by atoms with Crippen molar-refractivity contribution in [2.45, 2.75) is 20.4 Å². The molecule has 0 aliphatic heterocycles. The number of nitrogens with zero attached hydrogens (tertiary/aromatic N) is 3. The van der Waals surface area contributed by atoms with Crippen LogP contribution in [0.2, 0.25) is 0 Å². The molecule has 0 bridgehead atoms. The number of anilines is 1. The van der Waals surface area contributed by atoms with Gasteiger partial charge in [-0.2, -0.15) is 0 Å². The maximum Gasteiger partial charge on any atom is 0.185 e. The van der Waals surface area contributed by atoms with Crippen LogP contribution in [0.3, 0.4) is 0 Å². The van der Waals surface area contributed by atoms with Gasteiger partial charge in [-0.15, -0.1) is 11.3 Å². The van der Waals surface area contributed by atoms with E-state index in [2.05, 4.69) is 55.1 Å². The Labute approximate surface area is 109 Å². The second kappa shape index (κ2) is 6.93. The average molecular weight is 256 g/mol. The molecule has 0 fully saturated rings. The fraction of sp³-hybridized carbons (Fsp3) is 0.750. The van der Waals surface area contributed by atoms with E-state index >= 15 is 0 Å². The fourth-order valence-electron chi connectivity index (χ4n) is 1.42. The van der Waals surface area contributed by atoms with Crippen molar-refractivity contribution in [1.29, 1.82) is 0 Å². The molecule has 0 amide bonds. The highest BCUT2D eigenvalue weighted by Crippen LogP contribution is 2.24. The second-order valence-electron chi connectivity index (χ2n) is 4.51. The van der Waals surface area contributed by atoms with Gasteiger partial charge in [-0.25, -0.2) is 4.98 Å². The summed E-state index contributed by atoms with van der Waals surface area (Å²) in [4.78, 5) is 10.4. The molecule has 1 aromatic heterocycles. The summed E-state index contributed by atoms with van der Waals surface area (Å²) in [5.74, 6) is 0. The molecule has 4 nitrogen and oxygen atoms in total. The lowest BCUT2D eigenvalue weighted by molar-refractivity contribution is 0.416. The van der Waals surface area contributed by atoms with Crippen LogP contribution in [0.25, 0.3) is 0 Å². The van der Waals surface area contributed by atoms with Gasteiger partial charge in [-0.3, -0.25) is 0 Å². The number of aromatic nitrogens is 1. The van der Waals surface area contributed by atoms with Gasteiger partial charge in [0, 0.05) is 31.6 Å². The van der Waals surface area contributed by atoms with Crippen LogP contribution in [-0.4, -0.2) is 50.7 Å². The van der Waals surface area contributed by atoms with Crippen LogP contribution >= 0.6 is 11.3 Å². The second-order valence-corrected chi connectivity index (χ2v) is 5.57. The standard InChI is InChI=1S/C12H24N4S/c1-6-13-9-11-10(2)14-12(17-11)16(5)8-7-15(3)4/h13H,6-9H2,1-5H3. The molecule has 0 aliphatic rings. The van der Waals surface area contributed by atoms with Crippen LogP contribution in [-0.2, 0) is 6.54 Å². The molecule has 5 heteroatoms. The number of likely N-dealkylation sites (N-methyl/N-ethyl adjacent to an activating group) is 2. The van der Waals surface area contributed by atoms with Crippen LogP contribution in [0.5, 0.6) is 0 Å². The van der Waals surface area contributed by atoms with E-state index in [0.717, 1.165) is 37.0 Å². The summed E-state index contributed by atoms with van der Waals surface area (Å²) in [6.07, 6.45) is 0. The lowest BCUT2D eigenvalue weighted by Crippen LogP contribution is -2.28. The van der Waals surface area contributed by atoms with Gasteiger partial charge in [0.25, 0.3) is 0 Å². The maximum atomic E-state index is 4.63. The predicted molar refractivity (Wildman–Crippen MR) is 76.1 cm³/mol. The van der Waals surface area contributed by atoms with E-state index in [-0.39, 0.29) is 0 Å². The quantitative estimate of drug-likeness (QED) is 0.802. The molecule has 0 atom stereocenters. The first-order valence-corrected chi connectivity index (χ1v) is 6.89. The van der Waals surface area contributed by atoms with Gasteiger partial charge in [0.15, 0.2) is 5.13 Å². The molecule has 0 radical (unpaired) electrons. The van der Waals surface area contributed by atoms with Gasteiger partial charge in [-0.05, 0) is 27.6 Å². The first kappa shape index (κ1) is 14.4. The molecular weight excluding hydrogens is 232 g/mol. The summed E-state index contributed by atoms with van der Waals surface area (Å²) in [7, 11) is 6.30. The van der Waals surface area contributed by atoms with Crippen molar-refractivity contribution in [3.05, 3.63) is 10.6 Å². The van der Waals surface area contributed by atoms with E-state index in [1.54, 1.807) is 11.3 Å². The molecule has 1 rings (SSSR count). The van der Waals surface area contributed by atoms with Crippen LogP contribution in [0.4, 0.5) is 5.13 Å². The third-order valence-corrected chi connectivity index (χ3v) is 3.90. The van der Waals surface area contributed by atoms with Crippen LogP contribution in [0.1, 0.15) is 17.5 Å². The topological polar surface area (TPSA) is 31.4 Å². The summed E-state index contributed by atoms with van der Waals surface area (Å²) in [5, 5.41) is 4.47. The fourth-order valence-corrected chi connectivity index (χ4v) is 2.44. The van der Waals surface area contributed by atoms with Gasteiger partial charge >= 0.3 is 0 Å². The van der Waals surface area contributed by atoms with Gasteiger partial charge < -0.3 is 15.1 Å². The Morgan fingerprint density at radius 2 is 1.94 bits per heavy atom. The number of hydrogen-bond acceptors (Lipinski definition) is 5.